The van der Waals surface area contributed by atoms with Crippen molar-refractivity contribution >= 4 is 40.6 Å². The Morgan fingerprint density at radius 3 is 2.95 bits per heavy atom. The Kier molecular flexibility index (Phi) is 5.30. The van der Waals surface area contributed by atoms with Crippen molar-refractivity contribution in [3.63, 3.8) is 0 Å². The van der Waals surface area contributed by atoms with Crippen LogP contribution >= 0.6 is 23.4 Å². The predicted molar refractivity (Wildman–Crippen MR) is 86.0 cm³/mol. The lowest BCUT2D eigenvalue weighted by Gasteiger charge is -2.08. The fourth-order valence-corrected chi connectivity index (χ4v) is 2.60. The number of nitrogen functional groups attached to an aromatic ring is 1. The molecule has 0 aliphatic carbocycles. The van der Waals surface area contributed by atoms with Gasteiger partial charge in [0.1, 0.15) is 5.75 Å². The Morgan fingerprint density at radius 2 is 2.29 bits per heavy atom. The summed E-state index contributed by atoms with van der Waals surface area (Å²) in [5, 5.41) is 3.21. The topological polar surface area (TPSA) is 77.2 Å². The first kappa shape index (κ1) is 15.5. The molecule has 0 fully saturated rings. The second-order valence-corrected chi connectivity index (χ2v) is 5.52. The molecule has 7 heteroatoms. The summed E-state index contributed by atoms with van der Waals surface area (Å²) in [5.41, 5.74) is 6.94. The van der Waals surface area contributed by atoms with E-state index in [2.05, 4.69) is 10.3 Å². The molecule has 0 bridgehead atoms. The van der Waals surface area contributed by atoms with Crippen molar-refractivity contribution in [3.05, 3.63) is 41.7 Å². The standard InChI is InChI=1S/C14H14ClN3O2S/c1-20-12-3-2-9(6-10(12)15)18-14(19)8-21-13-4-5-17-7-11(13)16/h2-7H,8,16H2,1H3,(H,18,19). The van der Waals surface area contributed by atoms with E-state index in [1.54, 1.807) is 36.7 Å². The summed E-state index contributed by atoms with van der Waals surface area (Å²) in [6, 6.07) is 6.85. The monoisotopic (exact) mass is 323 g/mol. The van der Waals surface area contributed by atoms with Gasteiger partial charge in [0, 0.05) is 16.8 Å². The molecule has 2 aromatic rings. The fourth-order valence-electron chi connectivity index (χ4n) is 1.61. The number of rotatable bonds is 5. The van der Waals surface area contributed by atoms with Crippen LogP contribution in [0.1, 0.15) is 0 Å². The van der Waals surface area contributed by atoms with Crippen molar-refractivity contribution in [2.24, 2.45) is 0 Å². The summed E-state index contributed by atoms with van der Waals surface area (Å²) in [6.45, 7) is 0. The Bertz CT molecular complexity index is 652. The molecule has 0 spiro atoms. The molecule has 0 saturated heterocycles. The predicted octanol–water partition coefficient (Wildman–Crippen LogP) is 3.06. The Balaban J connectivity index is 1.93. The van der Waals surface area contributed by atoms with Gasteiger partial charge in [0.25, 0.3) is 0 Å². The number of carbonyl (C=O) groups is 1. The number of thioether (sulfide) groups is 1. The van der Waals surface area contributed by atoms with Crippen LogP contribution in [0.25, 0.3) is 0 Å². The van der Waals surface area contributed by atoms with E-state index in [0.717, 1.165) is 4.90 Å². The SMILES string of the molecule is COc1ccc(NC(=O)CSc2ccncc2N)cc1Cl. The van der Waals surface area contributed by atoms with E-state index in [1.807, 2.05) is 0 Å². The third-order valence-electron chi connectivity index (χ3n) is 2.60. The van der Waals surface area contributed by atoms with Crippen LogP contribution in [-0.4, -0.2) is 23.8 Å². The van der Waals surface area contributed by atoms with Crippen molar-refractivity contribution in [3.8, 4) is 5.75 Å². The van der Waals surface area contributed by atoms with Crippen molar-refractivity contribution in [1.29, 1.82) is 0 Å². The van der Waals surface area contributed by atoms with E-state index >= 15 is 0 Å². The summed E-state index contributed by atoms with van der Waals surface area (Å²) < 4.78 is 5.05. The lowest BCUT2D eigenvalue weighted by atomic mass is 10.3. The Morgan fingerprint density at radius 1 is 1.48 bits per heavy atom. The number of aromatic nitrogens is 1. The quantitative estimate of drug-likeness (QED) is 0.827. The number of carbonyl (C=O) groups excluding carboxylic acids is 1. The molecule has 5 nitrogen and oxygen atoms in total. The van der Waals surface area contributed by atoms with Gasteiger partial charge >= 0.3 is 0 Å². The minimum absolute atomic E-state index is 0.141. The third-order valence-corrected chi connectivity index (χ3v) is 3.99. The molecular weight excluding hydrogens is 310 g/mol. The first-order valence-corrected chi connectivity index (χ1v) is 7.42. The molecule has 2 rings (SSSR count). The molecule has 0 aliphatic heterocycles. The van der Waals surface area contributed by atoms with Crippen LogP contribution in [0.3, 0.4) is 0 Å². The van der Waals surface area contributed by atoms with Gasteiger partial charge < -0.3 is 15.8 Å². The highest BCUT2D eigenvalue weighted by molar-refractivity contribution is 8.00. The maximum Gasteiger partial charge on any atom is 0.234 e. The maximum atomic E-state index is 11.9. The summed E-state index contributed by atoms with van der Waals surface area (Å²) in [5.74, 6) is 0.670. The molecule has 3 N–H and O–H groups in total. The number of nitrogens with zero attached hydrogens (tertiary/aromatic N) is 1. The van der Waals surface area contributed by atoms with E-state index in [1.165, 1.54) is 18.9 Å². The van der Waals surface area contributed by atoms with Crippen molar-refractivity contribution < 1.29 is 9.53 Å². The number of ether oxygens (including phenoxy) is 1. The van der Waals surface area contributed by atoms with Gasteiger partial charge in [-0.25, -0.2) is 0 Å². The number of hydrogen-bond donors (Lipinski definition) is 2. The van der Waals surface area contributed by atoms with E-state index in [-0.39, 0.29) is 11.7 Å². The van der Waals surface area contributed by atoms with E-state index in [0.29, 0.717) is 22.1 Å². The summed E-state index contributed by atoms with van der Waals surface area (Å²) in [4.78, 5) is 16.6. The number of pyridine rings is 1. The molecule has 0 unspecified atom stereocenters. The van der Waals surface area contributed by atoms with Crippen LogP contribution < -0.4 is 15.8 Å². The number of amides is 1. The van der Waals surface area contributed by atoms with E-state index in [4.69, 9.17) is 22.1 Å². The molecule has 0 radical (unpaired) electrons. The number of benzene rings is 1. The zero-order valence-electron chi connectivity index (χ0n) is 11.3. The third kappa shape index (κ3) is 4.27. The van der Waals surface area contributed by atoms with Gasteiger partial charge in [-0.15, -0.1) is 11.8 Å². The highest BCUT2D eigenvalue weighted by Crippen LogP contribution is 2.28. The van der Waals surface area contributed by atoms with Gasteiger partial charge in [-0.1, -0.05) is 11.6 Å². The molecule has 0 saturated carbocycles. The van der Waals surface area contributed by atoms with Crippen LogP contribution in [0, 0.1) is 0 Å². The second kappa shape index (κ2) is 7.19. The summed E-state index contributed by atoms with van der Waals surface area (Å²) in [6.07, 6.45) is 3.20. The van der Waals surface area contributed by atoms with E-state index in [9.17, 15) is 4.79 Å². The van der Waals surface area contributed by atoms with Crippen molar-refractivity contribution in [2.75, 3.05) is 23.9 Å². The lowest BCUT2D eigenvalue weighted by molar-refractivity contribution is -0.113. The average Bonchev–Trinajstić information content (AvgIpc) is 2.46. The zero-order chi connectivity index (χ0) is 15.2. The molecular formula is C14H14ClN3O2S. The highest BCUT2D eigenvalue weighted by atomic mass is 35.5. The average molecular weight is 324 g/mol. The number of anilines is 2. The largest absolute Gasteiger partial charge is 0.495 e. The van der Waals surface area contributed by atoms with E-state index < -0.39 is 0 Å². The number of hydrogen-bond acceptors (Lipinski definition) is 5. The summed E-state index contributed by atoms with van der Waals surface area (Å²) in [7, 11) is 1.54. The summed E-state index contributed by atoms with van der Waals surface area (Å²) >= 11 is 7.35. The lowest BCUT2D eigenvalue weighted by Crippen LogP contribution is -2.14. The van der Waals surface area contributed by atoms with Crippen molar-refractivity contribution in [1.82, 2.24) is 4.98 Å². The molecule has 21 heavy (non-hydrogen) atoms. The Hall–Kier alpha value is -1.92. The number of nitrogens with two attached hydrogens (primary N) is 1. The molecule has 0 atom stereocenters. The van der Waals surface area contributed by atoms with Gasteiger partial charge in [0.2, 0.25) is 5.91 Å². The van der Waals surface area contributed by atoms with Crippen molar-refractivity contribution in [2.45, 2.75) is 4.90 Å². The molecule has 1 aromatic carbocycles. The van der Waals surface area contributed by atoms with Crippen LogP contribution in [0.15, 0.2) is 41.6 Å². The van der Waals surface area contributed by atoms with Gasteiger partial charge in [0.05, 0.1) is 29.8 Å². The van der Waals surface area contributed by atoms with Crippen LogP contribution in [-0.2, 0) is 4.79 Å². The molecule has 0 aliphatic rings. The molecule has 110 valence electrons. The first-order chi connectivity index (χ1) is 10.1. The molecule has 1 aromatic heterocycles. The maximum absolute atomic E-state index is 11.9. The van der Waals surface area contributed by atoms with Gasteiger partial charge in [-0.2, -0.15) is 0 Å². The minimum atomic E-state index is -0.141. The van der Waals surface area contributed by atoms with Gasteiger partial charge in [-0.3, -0.25) is 9.78 Å². The smallest absolute Gasteiger partial charge is 0.234 e. The van der Waals surface area contributed by atoms with Gasteiger partial charge in [-0.05, 0) is 24.3 Å². The number of methoxy groups -OCH3 is 1. The van der Waals surface area contributed by atoms with Crippen LogP contribution in [0.4, 0.5) is 11.4 Å². The van der Waals surface area contributed by atoms with Crippen LogP contribution in [0.2, 0.25) is 5.02 Å². The minimum Gasteiger partial charge on any atom is -0.495 e. The molecule has 1 amide bonds. The normalized spacial score (nSPS) is 10.2. The fraction of sp³-hybridized carbons (Fsp3) is 0.143. The number of nitrogens with one attached hydrogen (secondary N) is 1. The highest BCUT2D eigenvalue weighted by Gasteiger charge is 2.07. The molecule has 1 heterocycles. The first-order valence-electron chi connectivity index (χ1n) is 6.06. The van der Waals surface area contributed by atoms with Crippen LogP contribution in [0.5, 0.6) is 5.75 Å². The second-order valence-electron chi connectivity index (χ2n) is 4.10. The zero-order valence-corrected chi connectivity index (χ0v) is 12.9. The number of halogens is 1. The van der Waals surface area contributed by atoms with Gasteiger partial charge in [0.15, 0.2) is 0 Å². The Labute approximate surface area is 131 Å².